The Balaban J connectivity index is 0.00000124. The van der Waals surface area contributed by atoms with E-state index < -0.39 is 77.0 Å². The summed E-state index contributed by atoms with van der Waals surface area (Å²) in [5.74, 6) is -2.10. The van der Waals surface area contributed by atoms with Gasteiger partial charge >= 0.3 is 150 Å². The maximum absolute atomic E-state index is 12.0. The Hall–Kier alpha value is -7.40. The van der Waals surface area contributed by atoms with Crippen molar-refractivity contribution in [2.75, 3.05) is 49.5 Å². The summed E-state index contributed by atoms with van der Waals surface area (Å²) in [5.41, 5.74) is 5.55. The van der Waals surface area contributed by atoms with Crippen LogP contribution in [0.2, 0.25) is 13.3 Å². The summed E-state index contributed by atoms with van der Waals surface area (Å²) >= 11 is 1.48. The zero-order valence-corrected chi connectivity index (χ0v) is 69.8. The minimum Gasteiger partial charge on any atom is -0.478 e. The Bertz CT molecular complexity index is 3300. The van der Waals surface area contributed by atoms with Crippen molar-refractivity contribution in [2.24, 2.45) is 0 Å². The zero-order chi connectivity index (χ0) is 77.8. The number of unbranched alkanes of at least 4 members (excludes halogenated alkanes) is 3. The van der Waals surface area contributed by atoms with Crippen LogP contribution in [0.15, 0.2) is 94.5 Å². The van der Waals surface area contributed by atoms with Gasteiger partial charge in [0.25, 0.3) is 0 Å². The Labute approximate surface area is 617 Å². The van der Waals surface area contributed by atoms with E-state index in [1.165, 1.54) is 79.5 Å². The number of esters is 3. The van der Waals surface area contributed by atoms with Gasteiger partial charge < -0.3 is 57.9 Å². The van der Waals surface area contributed by atoms with Gasteiger partial charge in [0.15, 0.2) is 0 Å². The molecular weight excluding hydrogens is 1460 g/mol. The second-order valence-corrected chi connectivity index (χ2v) is 42.7. The van der Waals surface area contributed by atoms with Gasteiger partial charge in [-0.1, -0.05) is 62.9 Å². The average Bonchev–Trinajstić information content (AvgIpc) is 0.866. The minimum atomic E-state index is -1.85. The first-order chi connectivity index (χ1) is 46.9. The Kier molecular flexibility index (Phi) is 42.2. The molecule has 0 unspecified atom stereocenters. The van der Waals surface area contributed by atoms with Crippen molar-refractivity contribution in [1.29, 1.82) is 0 Å². The summed E-state index contributed by atoms with van der Waals surface area (Å²) in [6.45, 7) is 42.1. The number of carboxylic acids is 1. The summed E-state index contributed by atoms with van der Waals surface area (Å²) < 4.78 is 43.1. The van der Waals surface area contributed by atoms with Crippen LogP contribution < -0.4 is 0 Å². The first-order valence-electron chi connectivity index (χ1n) is 34.5. The van der Waals surface area contributed by atoms with Crippen LogP contribution in [0.25, 0.3) is 6.08 Å². The van der Waals surface area contributed by atoms with Gasteiger partial charge in [0, 0.05) is 58.8 Å². The molecular formula is C79H121BrN4O16Sn. The Morgan fingerprint density at radius 2 is 0.713 bits per heavy atom. The third-order valence-corrected chi connectivity index (χ3v) is 29.6. The largest absolute Gasteiger partial charge is 0.478 e. The molecule has 4 aromatic rings. The van der Waals surface area contributed by atoms with Gasteiger partial charge in [0.1, 0.15) is 22.4 Å². The number of ether oxygens (including phenoxy) is 7. The summed E-state index contributed by atoms with van der Waals surface area (Å²) in [6.07, 6.45) is 9.83. The number of methoxy groups -OCH3 is 3. The van der Waals surface area contributed by atoms with Crippen LogP contribution in [-0.4, -0.2) is 163 Å². The molecule has 0 spiro atoms. The molecule has 0 saturated carbocycles. The SMILES string of the molecule is C=Cc1cc(CN(C)C(=O)OC(C)(C)C)ccc1C(=O)OC.C=[CH][Sn]([CH2]CCC)([CH2]CCC)[CH2]CCC.CCc1cc(CN(C)C(=O)OC(C)(C)C)ccc1C(=O)O.CCc1cc(CN(C)C(=O)OC(C)(C)C)ccc1C(=O)OC.COC(=O)c1ccc(CN(C)C(=O)OC(C)(C)C)cc1Br. The molecule has 0 radical (unpaired) electrons. The first-order valence-corrected chi connectivity index (χ1v) is 43.0. The molecule has 0 fully saturated rings. The third-order valence-electron chi connectivity index (χ3n) is 14.9. The van der Waals surface area contributed by atoms with Gasteiger partial charge in [-0.15, -0.1) is 0 Å². The van der Waals surface area contributed by atoms with Crippen molar-refractivity contribution in [2.45, 2.75) is 231 Å². The summed E-state index contributed by atoms with van der Waals surface area (Å²) in [4.78, 5) is 99.6. The van der Waals surface area contributed by atoms with Gasteiger partial charge in [-0.25, -0.2) is 38.4 Å². The van der Waals surface area contributed by atoms with E-state index >= 15 is 0 Å². The summed E-state index contributed by atoms with van der Waals surface area (Å²) in [5, 5.41) is 9.10. The zero-order valence-electron chi connectivity index (χ0n) is 65.3. The number of nitrogens with zero attached hydrogens (tertiary/aromatic N) is 4. The first kappa shape index (κ1) is 93.6. The van der Waals surface area contributed by atoms with Crippen LogP contribution in [-0.2, 0) is 72.2 Å². The maximum Gasteiger partial charge on any atom is 0.410 e. The van der Waals surface area contributed by atoms with Crippen LogP contribution >= 0.6 is 15.9 Å². The molecule has 1 N–H and O–H groups in total. The number of rotatable bonds is 25. The normalized spacial score (nSPS) is 11.1. The average molecular weight is 1580 g/mol. The molecule has 0 aliphatic carbocycles. The van der Waals surface area contributed by atoms with E-state index in [1.807, 2.05) is 115 Å². The number of hydrogen-bond acceptors (Lipinski definition) is 15. The predicted molar refractivity (Wildman–Crippen MR) is 409 cm³/mol. The molecule has 20 nitrogen and oxygen atoms in total. The molecule has 101 heavy (non-hydrogen) atoms. The van der Waals surface area contributed by atoms with Crippen molar-refractivity contribution < 1.29 is 76.6 Å². The van der Waals surface area contributed by atoms with Gasteiger partial charge in [-0.2, -0.15) is 0 Å². The van der Waals surface area contributed by atoms with Crippen molar-refractivity contribution in [3.8, 4) is 0 Å². The van der Waals surface area contributed by atoms with Crippen molar-refractivity contribution in [1.82, 2.24) is 19.6 Å². The Morgan fingerprint density at radius 1 is 0.436 bits per heavy atom. The molecule has 22 heteroatoms. The molecule has 0 heterocycles. The van der Waals surface area contributed by atoms with Gasteiger partial charge in [-0.3, -0.25) is 0 Å². The number of hydrogen-bond donors (Lipinski definition) is 1. The number of carboxylic acid groups (broad SMARTS) is 1. The molecule has 0 bridgehead atoms. The molecule has 4 amide bonds. The summed E-state index contributed by atoms with van der Waals surface area (Å²) in [6, 6.07) is 21.1. The summed E-state index contributed by atoms with van der Waals surface area (Å²) in [7, 11) is 10.7. The van der Waals surface area contributed by atoms with Gasteiger partial charge in [0.2, 0.25) is 0 Å². The molecule has 0 aromatic heterocycles. The van der Waals surface area contributed by atoms with Crippen LogP contribution in [0.3, 0.4) is 0 Å². The molecule has 4 aromatic carbocycles. The number of benzene rings is 4. The topological polar surface area (TPSA) is 234 Å². The standard InChI is InChI=1S/C17H25NO4.C17H23NO4.C16H23NO4.C15H20BrNO4.3C4H9.C2H3.Sn/c2*1-7-13-10-12(8-9-14(13)15(19)21-6)11-18(5)16(20)22-17(2,3)4;1-6-12-9-11(7-8-13(12)14(18)19)10-17(5)15(20)21-16(2,3)4;1-15(2,3)21-14(19)17(4)9-10-6-7-11(12(16)8-10)13(18)20-5;3*1-3-4-2;1-2;/h8-10H,7,11H2,1-6H3;7-10H,1,11H2,2-6H3;7-9H,6,10H2,1-5H3,(H,18,19);6-8H,9H2,1-5H3;3*1,3-4H2,2H3;1H,2H2;. The Morgan fingerprint density at radius 3 is 0.990 bits per heavy atom. The van der Waals surface area contributed by atoms with Crippen molar-refractivity contribution in [3.63, 3.8) is 0 Å². The second kappa shape index (κ2) is 45.6. The van der Waals surface area contributed by atoms with E-state index in [0.29, 0.717) is 71.3 Å². The fourth-order valence-electron chi connectivity index (χ4n) is 9.68. The van der Waals surface area contributed by atoms with Crippen molar-refractivity contribution in [3.05, 3.63) is 156 Å². The van der Waals surface area contributed by atoms with E-state index in [0.717, 1.165) is 33.4 Å². The van der Waals surface area contributed by atoms with Gasteiger partial charge in [-0.05, 0) is 187 Å². The van der Waals surface area contributed by atoms with E-state index in [-0.39, 0.29) is 12.1 Å². The number of amides is 4. The fraction of sp³-hybridized carbons (Fsp3) is 0.544. The number of halogens is 1. The van der Waals surface area contributed by atoms with E-state index in [4.69, 9.17) is 33.5 Å². The molecule has 0 atom stereocenters. The molecule has 0 saturated heterocycles. The molecule has 0 aliphatic rings. The molecule has 564 valence electrons. The monoisotopic (exact) mass is 1580 g/mol. The smallest absolute Gasteiger partial charge is 0.410 e. The molecule has 0 aliphatic heterocycles. The number of carbonyl (C=O) groups excluding carboxylic acids is 7. The van der Waals surface area contributed by atoms with Crippen LogP contribution in [0.1, 0.15) is 237 Å². The second-order valence-electron chi connectivity index (χ2n) is 28.6. The third kappa shape index (κ3) is 37.4. The number of carbonyl (C=O) groups is 8. The van der Waals surface area contributed by atoms with Crippen molar-refractivity contribution >= 4 is 88.6 Å². The van der Waals surface area contributed by atoms with E-state index in [2.05, 4.69) is 58.7 Å². The predicted octanol–water partition coefficient (Wildman–Crippen LogP) is 19.4. The minimum absolute atomic E-state index is 0.307. The van der Waals surface area contributed by atoms with Crippen LogP contribution in [0.5, 0.6) is 0 Å². The van der Waals surface area contributed by atoms with E-state index in [9.17, 15) is 38.4 Å². The van der Waals surface area contributed by atoms with E-state index in [1.54, 1.807) is 102 Å². The van der Waals surface area contributed by atoms with Crippen LogP contribution in [0, 0.1) is 0 Å². The van der Waals surface area contributed by atoms with Gasteiger partial charge in [0.05, 0.1) is 43.6 Å². The quantitative estimate of drug-likeness (QED) is 0.0369. The number of aromatic carboxylic acids is 1. The maximum atomic E-state index is 12.0. The molecule has 4 rings (SSSR count). The van der Waals surface area contributed by atoms with Crippen LogP contribution in [0.4, 0.5) is 19.2 Å². The number of aryl methyl sites for hydroxylation is 2. The fourth-order valence-corrected chi connectivity index (χ4v) is 23.2.